The summed E-state index contributed by atoms with van der Waals surface area (Å²) in [5, 5.41) is 8.65. The molecule has 18 heavy (non-hydrogen) atoms. The van der Waals surface area contributed by atoms with Crippen LogP contribution < -0.4 is 16.0 Å². The Hall–Kier alpha value is -2.11. The molecule has 0 bridgehead atoms. The van der Waals surface area contributed by atoms with Gasteiger partial charge in [0.1, 0.15) is 5.69 Å². The molecule has 2 amide bonds. The Morgan fingerprint density at radius 1 is 1.61 bits per heavy atom. The molecule has 6 heteroatoms. The van der Waals surface area contributed by atoms with Crippen LogP contribution in [-0.2, 0) is 4.79 Å². The molecule has 0 saturated carbocycles. The first kappa shape index (κ1) is 12.3. The summed E-state index contributed by atoms with van der Waals surface area (Å²) in [7, 11) is 0. The van der Waals surface area contributed by atoms with E-state index in [1.165, 1.54) is 0 Å². The van der Waals surface area contributed by atoms with Crippen LogP contribution in [0, 0.1) is 0 Å². The van der Waals surface area contributed by atoms with Gasteiger partial charge in [-0.1, -0.05) is 0 Å². The predicted molar refractivity (Wildman–Crippen MR) is 67.3 cm³/mol. The molecule has 1 aliphatic rings. The molecule has 2 heterocycles. The van der Waals surface area contributed by atoms with E-state index >= 15 is 0 Å². The Bertz CT molecular complexity index is 461. The zero-order valence-electron chi connectivity index (χ0n) is 10.2. The molecule has 1 aliphatic heterocycles. The summed E-state index contributed by atoms with van der Waals surface area (Å²) in [6, 6.07) is 3.54. The lowest BCUT2D eigenvalue weighted by molar-refractivity contribution is -0.119. The molecule has 1 saturated heterocycles. The van der Waals surface area contributed by atoms with E-state index in [0.717, 1.165) is 5.69 Å². The zero-order valence-corrected chi connectivity index (χ0v) is 10.2. The molecular formula is C12H16N4O2. The first-order valence-electron chi connectivity index (χ1n) is 5.96. The van der Waals surface area contributed by atoms with Crippen molar-refractivity contribution >= 4 is 17.5 Å². The fraction of sp³-hybridized carbons (Fsp3) is 0.417. The van der Waals surface area contributed by atoms with E-state index < -0.39 is 0 Å². The summed E-state index contributed by atoms with van der Waals surface area (Å²) in [6.45, 7) is 3.03. The number of carbonyl (C=O) groups is 2. The summed E-state index contributed by atoms with van der Waals surface area (Å²) in [6.07, 6.45) is 2.04. The Kier molecular flexibility index (Phi) is 3.76. The number of nitrogens with one attached hydrogen (secondary N) is 3. The van der Waals surface area contributed by atoms with E-state index in [2.05, 4.69) is 20.9 Å². The highest BCUT2D eigenvalue weighted by Crippen LogP contribution is 2.12. The standard InChI is InChI=1S/C12H16N4O2/c1-2-13-12(18)10-5-8(3-4-14-10)16-9-6-11(17)15-7-9/h3-5,9H,2,6-7H2,1H3,(H,13,18)(H,14,16)(H,15,17). The highest BCUT2D eigenvalue weighted by atomic mass is 16.2. The van der Waals surface area contributed by atoms with Gasteiger partial charge in [0.05, 0.1) is 6.04 Å². The molecule has 1 aromatic rings. The second-order valence-corrected chi connectivity index (χ2v) is 4.14. The van der Waals surface area contributed by atoms with Gasteiger partial charge in [0.15, 0.2) is 0 Å². The van der Waals surface area contributed by atoms with Crippen molar-refractivity contribution in [2.24, 2.45) is 0 Å². The average Bonchev–Trinajstić information content (AvgIpc) is 2.75. The molecule has 2 rings (SSSR count). The number of hydrogen-bond donors (Lipinski definition) is 3. The van der Waals surface area contributed by atoms with Gasteiger partial charge in [-0.15, -0.1) is 0 Å². The third kappa shape index (κ3) is 2.97. The Morgan fingerprint density at radius 3 is 3.11 bits per heavy atom. The van der Waals surface area contributed by atoms with Crippen molar-refractivity contribution < 1.29 is 9.59 Å². The van der Waals surface area contributed by atoms with Crippen LogP contribution in [-0.4, -0.2) is 35.9 Å². The highest BCUT2D eigenvalue weighted by Gasteiger charge is 2.21. The fourth-order valence-electron chi connectivity index (χ4n) is 1.84. The number of nitrogens with zero attached hydrogens (tertiary/aromatic N) is 1. The maximum absolute atomic E-state index is 11.6. The number of hydrogen-bond acceptors (Lipinski definition) is 4. The number of amides is 2. The Balaban J connectivity index is 2.03. The van der Waals surface area contributed by atoms with E-state index in [4.69, 9.17) is 0 Å². The fourth-order valence-corrected chi connectivity index (χ4v) is 1.84. The number of anilines is 1. The van der Waals surface area contributed by atoms with Crippen molar-refractivity contribution in [3.05, 3.63) is 24.0 Å². The minimum Gasteiger partial charge on any atom is -0.380 e. The van der Waals surface area contributed by atoms with Gasteiger partial charge in [-0.05, 0) is 19.1 Å². The van der Waals surface area contributed by atoms with Crippen LogP contribution in [0.4, 0.5) is 5.69 Å². The molecule has 0 aromatic carbocycles. The van der Waals surface area contributed by atoms with Crippen LogP contribution in [0.15, 0.2) is 18.3 Å². The van der Waals surface area contributed by atoms with Gasteiger partial charge in [0.25, 0.3) is 5.91 Å². The summed E-state index contributed by atoms with van der Waals surface area (Å²) >= 11 is 0. The lowest BCUT2D eigenvalue weighted by Crippen LogP contribution is -2.25. The van der Waals surface area contributed by atoms with Gasteiger partial charge < -0.3 is 16.0 Å². The second kappa shape index (κ2) is 5.48. The summed E-state index contributed by atoms with van der Waals surface area (Å²) < 4.78 is 0. The van der Waals surface area contributed by atoms with Crippen molar-refractivity contribution in [3.8, 4) is 0 Å². The maximum Gasteiger partial charge on any atom is 0.269 e. The van der Waals surface area contributed by atoms with E-state index in [0.29, 0.717) is 25.2 Å². The number of rotatable bonds is 4. The average molecular weight is 248 g/mol. The quantitative estimate of drug-likeness (QED) is 0.707. The molecule has 96 valence electrons. The third-order valence-electron chi connectivity index (χ3n) is 2.68. The molecule has 0 spiro atoms. The molecule has 3 N–H and O–H groups in total. The summed E-state index contributed by atoms with van der Waals surface area (Å²) in [5.41, 5.74) is 1.17. The monoisotopic (exact) mass is 248 g/mol. The zero-order chi connectivity index (χ0) is 13.0. The van der Waals surface area contributed by atoms with Crippen LogP contribution in [0.2, 0.25) is 0 Å². The molecule has 1 unspecified atom stereocenters. The van der Waals surface area contributed by atoms with Crippen LogP contribution in [0.5, 0.6) is 0 Å². The Labute approximate surface area is 105 Å². The van der Waals surface area contributed by atoms with Gasteiger partial charge in [-0.3, -0.25) is 14.6 Å². The lowest BCUT2D eigenvalue weighted by Gasteiger charge is -2.12. The largest absolute Gasteiger partial charge is 0.380 e. The van der Waals surface area contributed by atoms with Gasteiger partial charge in [0, 0.05) is 31.4 Å². The van der Waals surface area contributed by atoms with Gasteiger partial charge in [-0.25, -0.2) is 0 Å². The number of pyridine rings is 1. The molecule has 0 radical (unpaired) electrons. The van der Waals surface area contributed by atoms with E-state index in [-0.39, 0.29) is 17.9 Å². The SMILES string of the molecule is CCNC(=O)c1cc(NC2CNC(=O)C2)ccn1. The Morgan fingerprint density at radius 2 is 2.44 bits per heavy atom. The molecule has 1 aromatic heterocycles. The maximum atomic E-state index is 11.6. The predicted octanol–water partition coefficient (Wildman–Crippen LogP) is 0.132. The van der Waals surface area contributed by atoms with Crippen molar-refractivity contribution in [2.45, 2.75) is 19.4 Å². The topological polar surface area (TPSA) is 83.1 Å². The summed E-state index contributed by atoms with van der Waals surface area (Å²) in [4.78, 5) is 26.7. The minimum atomic E-state index is -0.193. The molecule has 6 nitrogen and oxygen atoms in total. The van der Waals surface area contributed by atoms with E-state index in [1.807, 2.05) is 6.92 Å². The smallest absolute Gasteiger partial charge is 0.269 e. The van der Waals surface area contributed by atoms with Crippen molar-refractivity contribution in [2.75, 3.05) is 18.4 Å². The van der Waals surface area contributed by atoms with Crippen molar-refractivity contribution in [1.29, 1.82) is 0 Å². The molecule has 1 atom stereocenters. The van der Waals surface area contributed by atoms with Crippen LogP contribution in [0.1, 0.15) is 23.8 Å². The first-order valence-corrected chi connectivity index (χ1v) is 5.96. The molecular weight excluding hydrogens is 232 g/mol. The third-order valence-corrected chi connectivity index (χ3v) is 2.68. The minimum absolute atomic E-state index is 0.0468. The van der Waals surface area contributed by atoms with Gasteiger partial charge in [-0.2, -0.15) is 0 Å². The van der Waals surface area contributed by atoms with Crippen LogP contribution in [0.25, 0.3) is 0 Å². The summed E-state index contributed by atoms with van der Waals surface area (Å²) in [5.74, 6) is -0.146. The van der Waals surface area contributed by atoms with Crippen molar-refractivity contribution in [1.82, 2.24) is 15.6 Å². The van der Waals surface area contributed by atoms with E-state index in [1.54, 1.807) is 18.3 Å². The van der Waals surface area contributed by atoms with Gasteiger partial charge >= 0.3 is 0 Å². The molecule has 0 aliphatic carbocycles. The van der Waals surface area contributed by atoms with Crippen LogP contribution >= 0.6 is 0 Å². The second-order valence-electron chi connectivity index (χ2n) is 4.14. The van der Waals surface area contributed by atoms with Crippen molar-refractivity contribution in [3.63, 3.8) is 0 Å². The normalized spacial score (nSPS) is 18.3. The van der Waals surface area contributed by atoms with Crippen LogP contribution in [0.3, 0.4) is 0 Å². The van der Waals surface area contributed by atoms with Gasteiger partial charge in [0.2, 0.25) is 5.91 Å². The lowest BCUT2D eigenvalue weighted by atomic mass is 10.2. The first-order chi connectivity index (χ1) is 8.69. The van der Waals surface area contributed by atoms with E-state index in [9.17, 15) is 9.59 Å². The number of aromatic nitrogens is 1. The number of carbonyl (C=O) groups excluding carboxylic acids is 2. The highest BCUT2D eigenvalue weighted by molar-refractivity contribution is 5.93. The molecule has 1 fully saturated rings.